The van der Waals surface area contributed by atoms with Crippen LogP contribution in [0.4, 0.5) is 54.0 Å². The zero-order chi connectivity index (χ0) is 30.1. The highest BCUT2D eigenvalue weighted by Crippen LogP contribution is 2.46. The molecule has 1 aliphatic carbocycles. The first-order valence-corrected chi connectivity index (χ1v) is 11.5. The van der Waals surface area contributed by atoms with Crippen molar-refractivity contribution in [3.63, 3.8) is 0 Å². The maximum atomic E-state index is 13.9. The summed E-state index contributed by atoms with van der Waals surface area (Å²) in [4.78, 5) is 0.389. The lowest BCUT2D eigenvalue weighted by atomic mass is 9.93. The Balaban J connectivity index is 2.04. The number of aliphatic hydroxyl groups is 1. The third-order valence-corrected chi connectivity index (χ3v) is 6.11. The number of ether oxygens (including phenoxy) is 1. The third-order valence-electron chi connectivity index (χ3n) is 6.11. The summed E-state index contributed by atoms with van der Waals surface area (Å²) in [6.07, 6.45) is -18.0. The van der Waals surface area contributed by atoms with Gasteiger partial charge in [-0.1, -0.05) is 35.9 Å². The van der Waals surface area contributed by atoms with E-state index in [1.165, 1.54) is 12.1 Å². The van der Waals surface area contributed by atoms with Crippen LogP contribution in [0.5, 0.6) is 11.5 Å². The minimum absolute atomic E-state index is 0.0358. The van der Waals surface area contributed by atoms with E-state index in [4.69, 9.17) is 4.74 Å². The highest BCUT2D eigenvalue weighted by molar-refractivity contribution is 5.54. The van der Waals surface area contributed by atoms with Gasteiger partial charge in [0.1, 0.15) is 11.5 Å². The van der Waals surface area contributed by atoms with Gasteiger partial charge >= 0.3 is 24.5 Å². The Hall–Kier alpha value is -3.29. The van der Waals surface area contributed by atoms with Crippen LogP contribution >= 0.6 is 0 Å². The molecule has 1 N–H and O–H groups in total. The van der Waals surface area contributed by atoms with Crippen molar-refractivity contribution in [3.8, 4) is 11.5 Å². The number of anilines is 1. The molecule has 0 radical (unpaired) electrons. The second kappa shape index (κ2) is 10.9. The Bertz CT molecular complexity index is 1230. The van der Waals surface area contributed by atoms with Gasteiger partial charge in [-0.05, 0) is 49.6 Å². The molecule has 0 heterocycles. The molecule has 3 nitrogen and oxygen atoms in total. The topological polar surface area (TPSA) is 32.7 Å². The minimum Gasteiger partial charge on any atom is -0.457 e. The van der Waals surface area contributed by atoms with Crippen molar-refractivity contribution in [2.45, 2.75) is 49.8 Å². The molecule has 0 aliphatic heterocycles. The molecular formula is C26H22F11NO2. The van der Waals surface area contributed by atoms with Gasteiger partial charge in [0.25, 0.3) is 5.60 Å². The highest BCUT2D eigenvalue weighted by Gasteiger charge is 2.71. The average Bonchev–Trinajstić information content (AvgIpc) is 2.83. The van der Waals surface area contributed by atoms with E-state index >= 15 is 0 Å². The number of alkyl halides is 11. The Morgan fingerprint density at radius 3 is 1.95 bits per heavy atom. The van der Waals surface area contributed by atoms with Gasteiger partial charge < -0.3 is 14.7 Å². The van der Waals surface area contributed by atoms with E-state index in [0.29, 0.717) is 11.0 Å². The first-order chi connectivity index (χ1) is 18.2. The molecule has 220 valence electrons. The quantitative estimate of drug-likeness (QED) is 0.315. The van der Waals surface area contributed by atoms with Gasteiger partial charge in [-0.2, -0.15) is 48.3 Å². The van der Waals surface area contributed by atoms with Crippen molar-refractivity contribution >= 4 is 5.69 Å². The molecule has 2 aromatic carbocycles. The van der Waals surface area contributed by atoms with E-state index in [0.717, 1.165) is 23.8 Å². The zero-order valence-electron chi connectivity index (χ0n) is 20.6. The first-order valence-electron chi connectivity index (χ1n) is 11.5. The number of aryl methyl sites for hydroxylation is 1. The molecule has 0 aromatic heterocycles. The van der Waals surface area contributed by atoms with Crippen LogP contribution in [0.15, 0.2) is 71.8 Å². The Morgan fingerprint density at radius 2 is 1.40 bits per heavy atom. The van der Waals surface area contributed by atoms with Gasteiger partial charge in [0, 0.05) is 23.9 Å². The highest BCUT2D eigenvalue weighted by atomic mass is 19.4. The van der Waals surface area contributed by atoms with E-state index in [9.17, 15) is 53.4 Å². The average molecular weight is 589 g/mol. The number of hydrogen-bond acceptors (Lipinski definition) is 3. The number of rotatable bonds is 8. The normalized spacial score (nSPS) is 15.4. The predicted molar refractivity (Wildman–Crippen MR) is 123 cm³/mol. The van der Waals surface area contributed by atoms with Crippen LogP contribution in [0.3, 0.4) is 0 Å². The van der Waals surface area contributed by atoms with E-state index in [1.807, 2.05) is 0 Å². The molecule has 0 bridgehead atoms. The van der Waals surface area contributed by atoms with Gasteiger partial charge in [0.05, 0.1) is 6.54 Å². The predicted octanol–water partition coefficient (Wildman–Crippen LogP) is 8.29. The smallest absolute Gasteiger partial charge is 0.457 e. The van der Waals surface area contributed by atoms with E-state index < -0.39 is 60.7 Å². The van der Waals surface area contributed by atoms with Crippen molar-refractivity contribution in [1.82, 2.24) is 0 Å². The van der Waals surface area contributed by atoms with Crippen LogP contribution in [-0.2, 0) is 0 Å². The zero-order valence-corrected chi connectivity index (χ0v) is 20.6. The number of hydrogen-bond donors (Lipinski definition) is 1. The molecule has 0 saturated heterocycles. The molecule has 0 atom stereocenters. The standard InChI is InChI=1S/C26H22F11NO2/c1-16-8-10-20(11-9-16)40-21-7-3-6-19(13-21)38(15-22(39,24(29,30)31)25(32,33)34)14-17-4-2-5-18(12-17)23(27,28)26(35,36)37/h3-4,6-13,39H,2,5,14-15H2,1H3. The Kier molecular flexibility index (Phi) is 8.54. The summed E-state index contributed by atoms with van der Waals surface area (Å²) in [5, 5.41) is 9.84. The van der Waals surface area contributed by atoms with Crippen molar-refractivity contribution in [2.24, 2.45) is 0 Å². The van der Waals surface area contributed by atoms with Crippen LogP contribution in [-0.4, -0.2) is 48.2 Å². The number of nitrogens with zero attached hydrogens (tertiary/aromatic N) is 1. The van der Waals surface area contributed by atoms with Crippen molar-refractivity contribution in [3.05, 3.63) is 77.4 Å². The maximum Gasteiger partial charge on any atom is 0.457 e. The van der Waals surface area contributed by atoms with Crippen molar-refractivity contribution < 1.29 is 58.1 Å². The molecular weight excluding hydrogens is 567 g/mol. The fraction of sp³-hybridized carbons (Fsp3) is 0.385. The Labute approximate surface area is 221 Å². The van der Waals surface area contributed by atoms with Gasteiger partial charge in [-0.3, -0.25) is 0 Å². The second-order valence-corrected chi connectivity index (χ2v) is 9.18. The summed E-state index contributed by atoms with van der Waals surface area (Å²) in [6, 6.07) is 11.1. The summed E-state index contributed by atoms with van der Waals surface area (Å²) in [6.45, 7) is -1.33. The fourth-order valence-electron chi connectivity index (χ4n) is 3.87. The summed E-state index contributed by atoms with van der Waals surface area (Å²) < 4.78 is 153. The molecule has 0 fully saturated rings. The lowest BCUT2D eigenvalue weighted by molar-refractivity contribution is -0.363. The summed E-state index contributed by atoms with van der Waals surface area (Å²) in [5.74, 6) is -5.03. The van der Waals surface area contributed by atoms with Crippen molar-refractivity contribution in [1.29, 1.82) is 0 Å². The van der Waals surface area contributed by atoms with E-state index in [2.05, 4.69) is 0 Å². The molecule has 0 unspecified atom stereocenters. The Morgan fingerprint density at radius 1 is 0.800 bits per heavy atom. The first kappa shape index (κ1) is 31.2. The summed E-state index contributed by atoms with van der Waals surface area (Å²) in [5.41, 5.74) is -6.56. The number of allylic oxidation sites excluding steroid dienone is 2. The molecule has 1 aliphatic rings. The van der Waals surface area contributed by atoms with Gasteiger partial charge in [0.15, 0.2) is 0 Å². The lowest BCUT2D eigenvalue weighted by Gasteiger charge is -2.38. The van der Waals surface area contributed by atoms with E-state index in [-0.39, 0.29) is 23.6 Å². The van der Waals surface area contributed by atoms with Gasteiger partial charge in [-0.25, -0.2) is 0 Å². The lowest BCUT2D eigenvalue weighted by Crippen LogP contribution is -2.63. The monoisotopic (exact) mass is 589 g/mol. The van der Waals surface area contributed by atoms with Crippen LogP contribution < -0.4 is 9.64 Å². The molecule has 40 heavy (non-hydrogen) atoms. The number of benzene rings is 2. The summed E-state index contributed by atoms with van der Waals surface area (Å²) in [7, 11) is 0. The minimum atomic E-state index is -6.22. The molecule has 0 saturated carbocycles. The molecule has 0 spiro atoms. The SMILES string of the molecule is Cc1ccc(Oc2cccc(N(CC3=CCCC(C(F)(F)C(F)(F)F)=C3)CC(O)(C(F)(F)F)C(F)(F)F)c2)cc1. The molecule has 3 rings (SSSR count). The largest absolute Gasteiger partial charge is 0.457 e. The van der Waals surface area contributed by atoms with Crippen LogP contribution in [0.25, 0.3) is 0 Å². The molecule has 14 heteroatoms. The maximum absolute atomic E-state index is 13.9. The summed E-state index contributed by atoms with van der Waals surface area (Å²) >= 11 is 0. The second-order valence-electron chi connectivity index (χ2n) is 9.18. The van der Waals surface area contributed by atoms with Crippen LogP contribution in [0.2, 0.25) is 0 Å². The molecule has 0 amide bonds. The fourth-order valence-corrected chi connectivity index (χ4v) is 3.87. The van der Waals surface area contributed by atoms with E-state index in [1.54, 1.807) is 31.2 Å². The van der Waals surface area contributed by atoms with Crippen molar-refractivity contribution in [2.75, 3.05) is 18.0 Å². The molecule has 2 aromatic rings. The third kappa shape index (κ3) is 6.70. The number of halogens is 11. The van der Waals surface area contributed by atoms with Crippen LogP contribution in [0.1, 0.15) is 18.4 Å². The van der Waals surface area contributed by atoms with Crippen LogP contribution in [0, 0.1) is 6.92 Å². The van der Waals surface area contributed by atoms with Gasteiger partial charge in [-0.15, -0.1) is 0 Å². The van der Waals surface area contributed by atoms with Gasteiger partial charge in [0.2, 0.25) is 0 Å².